The molecule has 6 heteroatoms. The maximum Gasteiger partial charge on any atom is 0.341 e. The summed E-state index contributed by atoms with van der Waals surface area (Å²) < 4.78 is 10.9. The van der Waals surface area contributed by atoms with Gasteiger partial charge in [-0.1, -0.05) is 30.3 Å². The monoisotopic (exact) mass is 463 g/mol. The average Bonchev–Trinajstić information content (AvgIpc) is 3.24. The third-order valence-corrected chi connectivity index (χ3v) is 7.21. The second-order valence-electron chi connectivity index (χ2n) is 8.53. The Balaban J connectivity index is 1.56. The lowest BCUT2D eigenvalue weighted by Gasteiger charge is -2.17. The summed E-state index contributed by atoms with van der Waals surface area (Å²) in [6, 6.07) is 10.4. The SMILES string of the molecule is COC(=O)c1c(-c2ccc3c(c2)CCCC3)csc1NC(=O)COc1c(C)ccc(C)c1C. The topological polar surface area (TPSA) is 64.6 Å². The number of carbonyl (C=O) groups is 2. The van der Waals surface area contributed by atoms with E-state index in [1.807, 2.05) is 38.3 Å². The van der Waals surface area contributed by atoms with Gasteiger partial charge in [0, 0.05) is 10.9 Å². The molecule has 2 aromatic carbocycles. The maximum absolute atomic E-state index is 12.7. The van der Waals surface area contributed by atoms with E-state index in [0.717, 1.165) is 46.4 Å². The fourth-order valence-electron chi connectivity index (χ4n) is 4.32. The lowest BCUT2D eigenvalue weighted by molar-refractivity contribution is -0.118. The highest BCUT2D eigenvalue weighted by Gasteiger charge is 2.23. The summed E-state index contributed by atoms with van der Waals surface area (Å²) >= 11 is 1.32. The van der Waals surface area contributed by atoms with Gasteiger partial charge in [0.25, 0.3) is 5.91 Å². The number of hydrogen-bond donors (Lipinski definition) is 1. The summed E-state index contributed by atoms with van der Waals surface area (Å²) in [6.07, 6.45) is 4.56. The predicted molar refractivity (Wildman–Crippen MR) is 133 cm³/mol. The molecule has 0 atom stereocenters. The highest BCUT2D eigenvalue weighted by atomic mass is 32.1. The molecule has 1 amide bonds. The van der Waals surface area contributed by atoms with Crippen LogP contribution < -0.4 is 10.1 Å². The van der Waals surface area contributed by atoms with Crippen molar-refractivity contribution in [1.82, 2.24) is 0 Å². The lowest BCUT2D eigenvalue weighted by atomic mass is 9.89. The van der Waals surface area contributed by atoms with Gasteiger partial charge in [0.05, 0.1) is 7.11 Å². The van der Waals surface area contributed by atoms with Crippen molar-refractivity contribution < 1.29 is 19.1 Å². The van der Waals surface area contributed by atoms with E-state index in [0.29, 0.717) is 10.6 Å². The van der Waals surface area contributed by atoms with Crippen molar-refractivity contribution in [3.63, 3.8) is 0 Å². The number of rotatable bonds is 6. The normalized spacial score (nSPS) is 12.7. The first-order valence-corrected chi connectivity index (χ1v) is 12.1. The van der Waals surface area contributed by atoms with Crippen LogP contribution in [0.15, 0.2) is 35.7 Å². The standard InChI is InChI=1S/C27H29NO4S/c1-16-9-10-17(2)25(18(16)3)32-14-23(29)28-26-24(27(30)31-4)22(15-33-26)21-12-11-19-7-5-6-8-20(19)13-21/h9-13,15H,5-8,14H2,1-4H3,(H,28,29). The van der Waals surface area contributed by atoms with Gasteiger partial charge in [-0.3, -0.25) is 4.79 Å². The molecule has 1 aliphatic rings. The number of ether oxygens (including phenoxy) is 2. The molecule has 0 bridgehead atoms. The van der Waals surface area contributed by atoms with Gasteiger partial charge < -0.3 is 14.8 Å². The average molecular weight is 464 g/mol. The molecule has 0 radical (unpaired) electrons. The number of benzene rings is 2. The van der Waals surface area contributed by atoms with Gasteiger partial charge in [-0.15, -0.1) is 11.3 Å². The first kappa shape index (κ1) is 23.1. The molecule has 0 fully saturated rings. The minimum Gasteiger partial charge on any atom is -0.483 e. The van der Waals surface area contributed by atoms with Crippen molar-refractivity contribution in [3.05, 3.63) is 69.1 Å². The number of nitrogens with one attached hydrogen (secondary N) is 1. The molecule has 172 valence electrons. The Hall–Kier alpha value is -3.12. The van der Waals surface area contributed by atoms with E-state index in [9.17, 15) is 9.59 Å². The van der Waals surface area contributed by atoms with Gasteiger partial charge in [-0.25, -0.2) is 4.79 Å². The summed E-state index contributed by atoms with van der Waals surface area (Å²) in [4.78, 5) is 25.4. The smallest absolute Gasteiger partial charge is 0.341 e. The molecule has 1 heterocycles. The molecule has 0 spiro atoms. The second-order valence-corrected chi connectivity index (χ2v) is 9.41. The fraction of sp³-hybridized carbons (Fsp3) is 0.333. The minimum atomic E-state index is -0.467. The molecule has 33 heavy (non-hydrogen) atoms. The summed E-state index contributed by atoms with van der Waals surface area (Å²) in [5.41, 5.74) is 7.95. The van der Waals surface area contributed by atoms with Gasteiger partial charge in [0.2, 0.25) is 0 Å². The van der Waals surface area contributed by atoms with E-state index < -0.39 is 5.97 Å². The molecular weight excluding hydrogens is 434 g/mol. The van der Waals surface area contributed by atoms with E-state index in [2.05, 4.69) is 23.5 Å². The lowest BCUT2D eigenvalue weighted by Crippen LogP contribution is -2.21. The molecule has 3 aromatic rings. The fourth-order valence-corrected chi connectivity index (χ4v) is 5.29. The molecule has 5 nitrogen and oxygen atoms in total. The number of thiophene rings is 1. The summed E-state index contributed by atoms with van der Waals surface area (Å²) in [5.74, 6) is -0.0656. The van der Waals surface area contributed by atoms with Gasteiger partial charge in [0.15, 0.2) is 6.61 Å². The van der Waals surface area contributed by atoms with Crippen molar-refractivity contribution in [1.29, 1.82) is 0 Å². The first-order valence-electron chi connectivity index (χ1n) is 11.2. The van der Waals surface area contributed by atoms with E-state index in [1.54, 1.807) is 0 Å². The summed E-state index contributed by atoms with van der Waals surface area (Å²) in [7, 11) is 1.36. The van der Waals surface area contributed by atoms with Crippen molar-refractivity contribution >= 4 is 28.2 Å². The third-order valence-electron chi connectivity index (χ3n) is 6.31. The number of fused-ring (bicyclic) bond motifs is 1. The number of aryl methyl sites for hydroxylation is 4. The summed E-state index contributed by atoms with van der Waals surface area (Å²) in [5, 5.41) is 5.23. The highest BCUT2D eigenvalue weighted by Crippen LogP contribution is 2.38. The Labute approximate surface area is 198 Å². The first-order chi connectivity index (χ1) is 15.9. The van der Waals surface area contributed by atoms with Gasteiger partial charge in [-0.05, 0) is 79.8 Å². The van der Waals surface area contributed by atoms with E-state index in [1.165, 1.54) is 42.4 Å². The second kappa shape index (κ2) is 9.79. The van der Waals surface area contributed by atoms with Crippen LogP contribution in [0.1, 0.15) is 51.0 Å². The zero-order valence-corrected chi connectivity index (χ0v) is 20.4. The number of carbonyl (C=O) groups excluding carboxylic acids is 2. The Morgan fingerprint density at radius 3 is 2.48 bits per heavy atom. The molecule has 1 aliphatic carbocycles. The van der Waals surface area contributed by atoms with Crippen LogP contribution in [0.25, 0.3) is 11.1 Å². The zero-order valence-electron chi connectivity index (χ0n) is 19.5. The van der Waals surface area contributed by atoms with Crippen LogP contribution in [-0.2, 0) is 22.4 Å². The molecule has 0 unspecified atom stereocenters. The van der Waals surface area contributed by atoms with E-state index >= 15 is 0 Å². The zero-order chi connectivity index (χ0) is 23.5. The Morgan fingerprint density at radius 2 is 1.73 bits per heavy atom. The van der Waals surface area contributed by atoms with Crippen molar-refractivity contribution in [2.24, 2.45) is 0 Å². The predicted octanol–water partition coefficient (Wildman–Crippen LogP) is 6.02. The number of anilines is 1. The maximum atomic E-state index is 12.7. The largest absolute Gasteiger partial charge is 0.483 e. The Bertz CT molecular complexity index is 1210. The summed E-state index contributed by atoms with van der Waals surface area (Å²) in [6.45, 7) is 5.81. The number of hydrogen-bond acceptors (Lipinski definition) is 5. The number of amides is 1. The third kappa shape index (κ3) is 4.81. The van der Waals surface area contributed by atoms with Crippen LogP contribution in [0.4, 0.5) is 5.00 Å². The Kier molecular flexibility index (Phi) is 6.84. The van der Waals surface area contributed by atoms with Crippen LogP contribution in [0, 0.1) is 20.8 Å². The molecule has 0 aliphatic heterocycles. The van der Waals surface area contributed by atoms with Crippen LogP contribution in [0.3, 0.4) is 0 Å². The van der Waals surface area contributed by atoms with Crippen LogP contribution >= 0.6 is 11.3 Å². The van der Waals surface area contributed by atoms with Crippen LogP contribution in [0.5, 0.6) is 5.75 Å². The van der Waals surface area contributed by atoms with Gasteiger partial charge >= 0.3 is 5.97 Å². The van der Waals surface area contributed by atoms with Gasteiger partial charge in [-0.2, -0.15) is 0 Å². The van der Waals surface area contributed by atoms with Crippen LogP contribution in [0.2, 0.25) is 0 Å². The molecule has 1 aromatic heterocycles. The molecule has 1 N–H and O–H groups in total. The van der Waals surface area contributed by atoms with Crippen LogP contribution in [-0.4, -0.2) is 25.6 Å². The molecule has 0 saturated carbocycles. The molecular formula is C27H29NO4S. The minimum absolute atomic E-state index is 0.141. The van der Waals surface area contributed by atoms with Gasteiger partial charge in [0.1, 0.15) is 16.3 Å². The number of esters is 1. The van der Waals surface area contributed by atoms with Crippen molar-refractivity contribution in [3.8, 4) is 16.9 Å². The quantitative estimate of drug-likeness (QED) is 0.454. The number of methoxy groups -OCH3 is 1. The van der Waals surface area contributed by atoms with Crippen molar-refractivity contribution in [2.75, 3.05) is 19.0 Å². The molecule has 0 saturated heterocycles. The van der Waals surface area contributed by atoms with Crippen molar-refractivity contribution in [2.45, 2.75) is 46.5 Å². The Morgan fingerprint density at radius 1 is 1.00 bits per heavy atom. The van der Waals surface area contributed by atoms with E-state index in [4.69, 9.17) is 9.47 Å². The highest BCUT2D eigenvalue weighted by molar-refractivity contribution is 7.15. The van der Waals surface area contributed by atoms with E-state index in [-0.39, 0.29) is 12.5 Å². The molecule has 4 rings (SSSR count).